The molecule has 0 saturated carbocycles. The lowest BCUT2D eigenvalue weighted by molar-refractivity contribution is 0.0953. The summed E-state index contributed by atoms with van der Waals surface area (Å²) in [7, 11) is 3.14. The summed E-state index contributed by atoms with van der Waals surface area (Å²) in [4.78, 5) is 16.6. The van der Waals surface area contributed by atoms with E-state index in [-0.39, 0.29) is 18.0 Å². The zero-order chi connectivity index (χ0) is 16.4. The molecular weight excluding hydrogens is 284 g/mol. The lowest BCUT2D eigenvalue weighted by Gasteiger charge is -2.13. The second kappa shape index (κ2) is 9.78. The van der Waals surface area contributed by atoms with Crippen LogP contribution < -0.4 is 10.1 Å². The number of methoxy groups -OCH3 is 2. The van der Waals surface area contributed by atoms with Gasteiger partial charge in [-0.25, -0.2) is 4.99 Å². The highest BCUT2D eigenvalue weighted by molar-refractivity contribution is 6.04. The maximum Gasteiger partial charge on any atom is 0.292 e. The summed E-state index contributed by atoms with van der Waals surface area (Å²) in [6.45, 7) is 4.72. The van der Waals surface area contributed by atoms with Crippen molar-refractivity contribution in [3.05, 3.63) is 29.8 Å². The van der Waals surface area contributed by atoms with E-state index in [0.717, 1.165) is 6.42 Å². The first-order chi connectivity index (χ1) is 10.6. The number of hydrogen-bond donors (Lipinski definition) is 1. The van der Waals surface area contributed by atoms with Crippen LogP contribution in [0.1, 0.15) is 30.6 Å². The Kier molecular flexibility index (Phi) is 7.99. The average molecular weight is 308 g/mol. The van der Waals surface area contributed by atoms with Crippen molar-refractivity contribution in [3.63, 3.8) is 0 Å². The van der Waals surface area contributed by atoms with Crippen molar-refractivity contribution in [2.45, 2.75) is 26.3 Å². The molecule has 0 aliphatic heterocycles. The van der Waals surface area contributed by atoms with E-state index in [4.69, 9.17) is 14.2 Å². The largest absolute Gasteiger partial charge is 0.497 e. The number of hydrogen-bond acceptors (Lipinski definition) is 5. The molecule has 1 rings (SSSR count). The smallest absolute Gasteiger partial charge is 0.292 e. The zero-order valence-corrected chi connectivity index (χ0v) is 13.6. The monoisotopic (exact) mass is 308 g/mol. The third-order valence-electron chi connectivity index (χ3n) is 3.01. The van der Waals surface area contributed by atoms with E-state index in [2.05, 4.69) is 10.3 Å². The van der Waals surface area contributed by atoms with Crippen LogP contribution in [0, 0.1) is 0 Å². The third kappa shape index (κ3) is 6.13. The van der Waals surface area contributed by atoms with E-state index in [1.807, 2.05) is 13.8 Å². The van der Waals surface area contributed by atoms with Gasteiger partial charge in [-0.2, -0.15) is 0 Å². The topological polar surface area (TPSA) is 69.2 Å². The summed E-state index contributed by atoms with van der Waals surface area (Å²) >= 11 is 0. The summed E-state index contributed by atoms with van der Waals surface area (Å²) in [6, 6.07) is 7.16. The van der Waals surface area contributed by atoms with Gasteiger partial charge in [0.1, 0.15) is 12.4 Å². The maximum atomic E-state index is 12.3. The Hall–Kier alpha value is -2.08. The number of aliphatic imine (C=N–C) groups is 1. The van der Waals surface area contributed by atoms with Gasteiger partial charge in [0, 0.05) is 12.7 Å². The predicted molar refractivity (Wildman–Crippen MR) is 85.5 cm³/mol. The van der Waals surface area contributed by atoms with Gasteiger partial charge >= 0.3 is 0 Å². The molecule has 1 atom stereocenters. The van der Waals surface area contributed by atoms with Crippen molar-refractivity contribution < 1.29 is 19.0 Å². The minimum Gasteiger partial charge on any atom is -0.497 e. The first-order valence-corrected chi connectivity index (χ1v) is 7.25. The molecule has 0 spiro atoms. The Morgan fingerprint density at radius 3 is 2.73 bits per heavy atom. The van der Waals surface area contributed by atoms with Gasteiger partial charge in [-0.05, 0) is 31.5 Å². The van der Waals surface area contributed by atoms with Crippen LogP contribution in [0.4, 0.5) is 0 Å². The Morgan fingerprint density at radius 2 is 2.09 bits per heavy atom. The first kappa shape index (κ1) is 18.0. The SMILES string of the molecule is CC[C@H](C)N=C(NC(=O)c1cccc(OC)c1)OCCOC. The summed E-state index contributed by atoms with van der Waals surface area (Å²) in [6.07, 6.45) is 0.853. The lowest BCUT2D eigenvalue weighted by Crippen LogP contribution is -2.34. The van der Waals surface area contributed by atoms with E-state index in [1.54, 1.807) is 38.5 Å². The second-order valence-electron chi connectivity index (χ2n) is 4.72. The Morgan fingerprint density at radius 1 is 1.32 bits per heavy atom. The molecule has 1 aromatic carbocycles. The number of ether oxygens (including phenoxy) is 3. The number of nitrogens with zero attached hydrogens (tertiary/aromatic N) is 1. The summed E-state index contributed by atoms with van der Waals surface area (Å²) < 4.78 is 15.5. The molecule has 0 aliphatic rings. The minimum absolute atomic E-state index is 0.0585. The molecule has 6 heteroatoms. The molecule has 122 valence electrons. The van der Waals surface area contributed by atoms with Gasteiger partial charge in [0.05, 0.1) is 19.8 Å². The molecule has 22 heavy (non-hydrogen) atoms. The highest BCUT2D eigenvalue weighted by Crippen LogP contribution is 2.12. The molecule has 0 bridgehead atoms. The fourth-order valence-corrected chi connectivity index (χ4v) is 1.55. The van der Waals surface area contributed by atoms with Crippen molar-refractivity contribution in [2.24, 2.45) is 4.99 Å². The van der Waals surface area contributed by atoms with Gasteiger partial charge < -0.3 is 14.2 Å². The van der Waals surface area contributed by atoms with Gasteiger partial charge in [-0.3, -0.25) is 10.1 Å². The second-order valence-corrected chi connectivity index (χ2v) is 4.72. The van der Waals surface area contributed by atoms with Crippen molar-refractivity contribution in [1.82, 2.24) is 5.32 Å². The molecule has 0 saturated heterocycles. The van der Waals surface area contributed by atoms with Crippen LogP contribution in [0.15, 0.2) is 29.3 Å². The summed E-state index contributed by atoms with van der Waals surface area (Å²) in [5.74, 6) is 0.326. The third-order valence-corrected chi connectivity index (χ3v) is 3.01. The van der Waals surface area contributed by atoms with Crippen LogP contribution in [0.5, 0.6) is 5.75 Å². The maximum absolute atomic E-state index is 12.3. The standard InChI is InChI=1S/C16H24N2O4/c1-5-12(2)17-16(22-10-9-20-3)18-15(19)13-7-6-8-14(11-13)21-4/h6-8,11-12H,5,9-10H2,1-4H3,(H,17,18,19)/t12-/m0/s1. The fourth-order valence-electron chi connectivity index (χ4n) is 1.55. The number of carbonyl (C=O) groups excluding carboxylic acids is 1. The number of nitrogens with one attached hydrogen (secondary N) is 1. The van der Waals surface area contributed by atoms with E-state index in [0.29, 0.717) is 24.5 Å². The number of carbonyl (C=O) groups is 1. The molecule has 0 radical (unpaired) electrons. The predicted octanol–water partition coefficient (Wildman–Crippen LogP) is 2.24. The van der Waals surface area contributed by atoms with Gasteiger partial charge in [-0.15, -0.1) is 0 Å². The molecule has 1 aromatic rings. The molecule has 0 heterocycles. The van der Waals surface area contributed by atoms with Gasteiger partial charge in [0.15, 0.2) is 0 Å². The first-order valence-electron chi connectivity index (χ1n) is 7.25. The quantitative estimate of drug-likeness (QED) is 0.476. The number of amides is 1. The van der Waals surface area contributed by atoms with Crippen molar-refractivity contribution in [1.29, 1.82) is 0 Å². The zero-order valence-electron chi connectivity index (χ0n) is 13.6. The molecule has 0 unspecified atom stereocenters. The Labute approximate surface area is 131 Å². The molecule has 1 N–H and O–H groups in total. The van der Waals surface area contributed by atoms with Crippen LogP contribution >= 0.6 is 0 Å². The number of amidine groups is 1. The van der Waals surface area contributed by atoms with Gasteiger partial charge in [0.25, 0.3) is 11.9 Å². The molecule has 6 nitrogen and oxygen atoms in total. The van der Waals surface area contributed by atoms with Crippen molar-refractivity contribution in [3.8, 4) is 5.75 Å². The molecule has 0 aliphatic carbocycles. The summed E-state index contributed by atoms with van der Waals surface area (Å²) in [5.41, 5.74) is 0.478. The molecule has 1 amide bonds. The Bertz CT molecular complexity index is 503. The Balaban J connectivity index is 2.78. The van der Waals surface area contributed by atoms with E-state index < -0.39 is 0 Å². The van der Waals surface area contributed by atoms with Crippen molar-refractivity contribution in [2.75, 3.05) is 27.4 Å². The highest BCUT2D eigenvalue weighted by Gasteiger charge is 2.12. The number of benzene rings is 1. The van der Waals surface area contributed by atoms with Crippen LogP contribution in [0.2, 0.25) is 0 Å². The van der Waals surface area contributed by atoms with E-state index in [9.17, 15) is 4.79 Å². The van der Waals surface area contributed by atoms with E-state index in [1.165, 1.54) is 0 Å². The lowest BCUT2D eigenvalue weighted by atomic mass is 10.2. The van der Waals surface area contributed by atoms with Crippen molar-refractivity contribution >= 4 is 11.9 Å². The van der Waals surface area contributed by atoms with Crippen LogP contribution in [-0.4, -0.2) is 45.4 Å². The molecular formula is C16H24N2O4. The number of rotatable bonds is 7. The highest BCUT2D eigenvalue weighted by atomic mass is 16.5. The van der Waals surface area contributed by atoms with Crippen LogP contribution in [-0.2, 0) is 9.47 Å². The van der Waals surface area contributed by atoms with Gasteiger partial charge in [-0.1, -0.05) is 13.0 Å². The van der Waals surface area contributed by atoms with Crippen LogP contribution in [0.3, 0.4) is 0 Å². The normalized spacial score (nSPS) is 12.6. The van der Waals surface area contributed by atoms with Gasteiger partial charge in [0.2, 0.25) is 0 Å². The molecule has 0 aromatic heterocycles. The minimum atomic E-state index is -0.293. The fraction of sp³-hybridized carbons (Fsp3) is 0.500. The summed E-state index contributed by atoms with van der Waals surface area (Å²) in [5, 5.41) is 2.69. The molecule has 0 fully saturated rings. The average Bonchev–Trinajstić information content (AvgIpc) is 2.54. The van der Waals surface area contributed by atoms with Crippen LogP contribution in [0.25, 0.3) is 0 Å². The van der Waals surface area contributed by atoms with E-state index >= 15 is 0 Å².